The highest BCUT2D eigenvalue weighted by Gasteiger charge is 2.26. The Kier molecular flexibility index (Phi) is 5.57. The molecule has 1 aliphatic heterocycles. The second-order valence-electron chi connectivity index (χ2n) is 8.03. The summed E-state index contributed by atoms with van der Waals surface area (Å²) in [6.45, 7) is 6.60. The number of hydrogen-bond acceptors (Lipinski definition) is 5. The number of fused-ring (bicyclic) bond motifs is 1. The van der Waals surface area contributed by atoms with E-state index in [1.54, 1.807) is 7.05 Å². The Bertz CT molecular complexity index is 1200. The fourth-order valence-electron chi connectivity index (χ4n) is 4.19. The standard InChI is InChI=1S/C21H26ClN5O3/c1-13-9-26(10-14(2)30-13)12-17-23-19-18(20(28)25(4)21(29)24(19)3)27(17)11-15-7-5-6-8-16(15)22/h5-8,13-14H,9-12H2,1-4H3/t13-,14+. The summed E-state index contributed by atoms with van der Waals surface area (Å²) in [6, 6.07) is 7.55. The van der Waals surface area contributed by atoms with Crippen molar-refractivity contribution in [1.29, 1.82) is 0 Å². The van der Waals surface area contributed by atoms with E-state index in [1.165, 1.54) is 11.6 Å². The predicted octanol–water partition coefficient (Wildman–Crippen LogP) is 1.74. The van der Waals surface area contributed by atoms with Crippen molar-refractivity contribution < 1.29 is 4.74 Å². The van der Waals surface area contributed by atoms with E-state index in [9.17, 15) is 9.59 Å². The molecular formula is C21H26ClN5O3. The maximum Gasteiger partial charge on any atom is 0.332 e. The largest absolute Gasteiger partial charge is 0.373 e. The SMILES string of the molecule is C[C@@H]1CN(Cc2nc3c(c(=O)n(C)c(=O)n3C)n2Cc2ccccc2Cl)C[C@H](C)O1. The van der Waals surface area contributed by atoms with Crippen molar-refractivity contribution in [3.8, 4) is 0 Å². The third-order valence-electron chi connectivity index (χ3n) is 5.57. The lowest BCUT2D eigenvalue weighted by Gasteiger charge is -2.35. The lowest BCUT2D eigenvalue weighted by atomic mass is 10.2. The van der Waals surface area contributed by atoms with Gasteiger partial charge in [0.15, 0.2) is 11.2 Å². The van der Waals surface area contributed by atoms with E-state index < -0.39 is 5.69 Å². The van der Waals surface area contributed by atoms with Crippen LogP contribution in [0.25, 0.3) is 11.2 Å². The number of nitrogens with zero attached hydrogens (tertiary/aromatic N) is 5. The average molecular weight is 432 g/mol. The van der Waals surface area contributed by atoms with Crippen LogP contribution in [0, 0.1) is 0 Å². The lowest BCUT2D eigenvalue weighted by molar-refractivity contribution is -0.0712. The van der Waals surface area contributed by atoms with Gasteiger partial charge in [-0.25, -0.2) is 9.78 Å². The average Bonchev–Trinajstić information content (AvgIpc) is 3.04. The summed E-state index contributed by atoms with van der Waals surface area (Å²) in [6.07, 6.45) is 0.236. The van der Waals surface area contributed by atoms with Crippen LogP contribution in [0.15, 0.2) is 33.9 Å². The molecule has 0 spiro atoms. The van der Waals surface area contributed by atoms with E-state index in [0.717, 1.165) is 29.0 Å². The Morgan fingerprint density at radius 1 is 1.07 bits per heavy atom. The highest BCUT2D eigenvalue weighted by molar-refractivity contribution is 6.31. The van der Waals surface area contributed by atoms with Gasteiger partial charge in [-0.05, 0) is 25.5 Å². The topological polar surface area (TPSA) is 74.3 Å². The molecule has 3 heterocycles. The molecule has 1 saturated heterocycles. The summed E-state index contributed by atoms with van der Waals surface area (Å²) < 4.78 is 10.3. The van der Waals surface area contributed by atoms with E-state index in [1.807, 2.05) is 28.8 Å². The molecule has 2 aromatic heterocycles. The van der Waals surface area contributed by atoms with Gasteiger partial charge in [-0.15, -0.1) is 0 Å². The fourth-order valence-corrected chi connectivity index (χ4v) is 4.39. The number of rotatable bonds is 4. The first-order valence-electron chi connectivity index (χ1n) is 10.0. The number of aryl methyl sites for hydroxylation is 1. The molecule has 160 valence electrons. The fraction of sp³-hybridized carbons (Fsp3) is 0.476. The predicted molar refractivity (Wildman–Crippen MR) is 116 cm³/mol. The zero-order valence-electron chi connectivity index (χ0n) is 17.6. The molecule has 0 bridgehead atoms. The summed E-state index contributed by atoms with van der Waals surface area (Å²) in [5, 5.41) is 0.626. The second-order valence-corrected chi connectivity index (χ2v) is 8.44. The van der Waals surface area contributed by atoms with Gasteiger partial charge in [-0.1, -0.05) is 29.8 Å². The van der Waals surface area contributed by atoms with Crippen LogP contribution in [-0.2, 0) is 31.9 Å². The highest BCUT2D eigenvalue weighted by atomic mass is 35.5. The minimum Gasteiger partial charge on any atom is -0.373 e. The summed E-state index contributed by atoms with van der Waals surface area (Å²) in [5.74, 6) is 0.726. The quantitative estimate of drug-likeness (QED) is 0.629. The maximum atomic E-state index is 13.0. The number of aromatic nitrogens is 4. The maximum absolute atomic E-state index is 13.0. The molecule has 1 aromatic carbocycles. The molecule has 3 aromatic rings. The normalized spacial score (nSPS) is 20.2. The molecule has 0 aliphatic carbocycles. The molecule has 8 nitrogen and oxygen atoms in total. The van der Waals surface area contributed by atoms with Crippen LogP contribution < -0.4 is 11.2 Å². The van der Waals surface area contributed by atoms with Crippen molar-refractivity contribution in [3.63, 3.8) is 0 Å². The van der Waals surface area contributed by atoms with Crippen LogP contribution in [0.4, 0.5) is 0 Å². The third kappa shape index (κ3) is 3.71. The number of imidazole rings is 1. The number of benzene rings is 1. The van der Waals surface area contributed by atoms with E-state index in [-0.39, 0.29) is 17.8 Å². The van der Waals surface area contributed by atoms with Crippen LogP contribution in [-0.4, -0.2) is 48.9 Å². The Labute approximate surface area is 179 Å². The molecule has 1 fully saturated rings. The minimum absolute atomic E-state index is 0.118. The van der Waals surface area contributed by atoms with Crippen molar-refractivity contribution >= 4 is 22.8 Å². The van der Waals surface area contributed by atoms with Crippen molar-refractivity contribution in [2.24, 2.45) is 14.1 Å². The van der Waals surface area contributed by atoms with Gasteiger partial charge in [0.2, 0.25) is 0 Å². The van der Waals surface area contributed by atoms with Gasteiger partial charge < -0.3 is 9.30 Å². The van der Waals surface area contributed by atoms with Gasteiger partial charge in [-0.2, -0.15) is 0 Å². The summed E-state index contributed by atoms with van der Waals surface area (Å²) in [4.78, 5) is 32.5. The first-order chi connectivity index (χ1) is 14.3. The van der Waals surface area contributed by atoms with E-state index in [4.69, 9.17) is 21.3 Å². The third-order valence-corrected chi connectivity index (χ3v) is 5.94. The summed E-state index contributed by atoms with van der Waals surface area (Å²) in [7, 11) is 3.13. The smallest absolute Gasteiger partial charge is 0.332 e. The van der Waals surface area contributed by atoms with Gasteiger partial charge in [0.25, 0.3) is 5.56 Å². The van der Waals surface area contributed by atoms with Crippen molar-refractivity contribution in [3.05, 3.63) is 61.5 Å². The zero-order valence-corrected chi connectivity index (χ0v) is 18.4. The molecule has 2 atom stereocenters. The number of hydrogen-bond donors (Lipinski definition) is 0. The molecule has 0 saturated carbocycles. The lowest BCUT2D eigenvalue weighted by Crippen LogP contribution is -2.45. The zero-order chi connectivity index (χ0) is 21.6. The summed E-state index contributed by atoms with van der Waals surface area (Å²) in [5.41, 5.74) is 0.931. The molecule has 0 N–H and O–H groups in total. The Hall–Kier alpha value is -2.42. The number of halogens is 1. The van der Waals surface area contributed by atoms with Crippen LogP contribution in [0.3, 0.4) is 0 Å². The highest BCUT2D eigenvalue weighted by Crippen LogP contribution is 2.21. The van der Waals surface area contributed by atoms with Crippen LogP contribution >= 0.6 is 11.6 Å². The van der Waals surface area contributed by atoms with Gasteiger partial charge >= 0.3 is 5.69 Å². The molecule has 1 aliphatic rings. The molecule has 0 unspecified atom stereocenters. The van der Waals surface area contributed by atoms with Gasteiger partial charge in [-0.3, -0.25) is 18.8 Å². The van der Waals surface area contributed by atoms with Gasteiger partial charge in [0.05, 0.1) is 25.3 Å². The van der Waals surface area contributed by atoms with E-state index in [0.29, 0.717) is 29.3 Å². The van der Waals surface area contributed by atoms with Crippen LogP contribution in [0.2, 0.25) is 5.02 Å². The van der Waals surface area contributed by atoms with E-state index >= 15 is 0 Å². The molecule has 9 heteroatoms. The van der Waals surface area contributed by atoms with E-state index in [2.05, 4.69) is 18.7 Å². The Balaban J connectivity index is 1.87. The molecule has 0 radical (unpaired) electrons. The molecule has 0 amide bonds. The summed E-state index contributed by atoms with van der Waals surface area (Å²) >= 11 is 6.40. The van der Waals surface area contributed by atoms with Crippen LogP contribution in [0.1, 0.15) is 25.2 Å². The van der Waals surface area contributed by atoms with Gasteiger partial charge in [0.1, 0.15) is 5.82 Å². The van der Waals surface area contributed by atoms with Crippen molar-refractivity contribution in [1.82, 2.24) is 23.6 Å². The first kappa shape index (κ1) is 20.8. The van der Waals surface area contributed by atoms with Crippen LogP contribution in [0.5, 0.6) is 0 Å². The molecule has 4 rings (SSSR count). The monoisotopic (exact) mass is 431 g/mol. The molecule has 30 heavy (non-hydrogen) atoms. The van der Waals surface area contributed by atoms with Crippen molar-refractivity contribution in [2.45, 2.75) is 39.1 Å². The number of ether oxygens (including phenoxy) is 1. The Morgan fingerprint density at radius 2 is 1.73 bits per heavy atom. The first-order valence-corrected chi connectivity index (χ1v) is 10.4. The molecular weight excluding hydrogens is 406 g/mol. The minimum atomic E-state index is -0.393. The van der Waals surface area contributed by atoms with Crippen molar-refractivity contribution in [2.75, 3.05) is 13.1 Å². The second kappa shape index (κ2) is 8.02. The number of morpholine rings is 1. The van der Waals surface area contributed by atoms with Gasteiger partial charge in [0, 0.05) is 32.2 Å². The Morgan fingerprint density at radius 3 is 2.40 bits per heavy atom.